The Hall–Kier alpha value is -3.81. The van der Waals surface area contributed by atoms with E-state index in [1.54, 1.807) is 37.3 Å². The maximum absolute atomic E-state index is 14.0. The Labute approximate surface area is 180 Å². The highest BCUT2D eigenvalue weighted by Gasteiger charge is 2.63. The number of benzene rings is 1. The summed E-state index contributed by atoms with van der Waals surface area (Å²) in [6.07, 6.45) is 2.95. The largest absolute Gasteiger partial charge is 0.462 e. The zero-order valence-electron chi connectivity index (χ0n) is 17.5. The number of ether oxygens (including phenoxy) is 3. The van der Waals surface area contributed by atoms with Gasteiger partial charge in [-0.1, -0.05) is 36.9 Å². The number of amides is 1. The molecule has 0 saturated heterocycles. The Morgan fingerprint density at radius 3 is 2.48 bits per heavy atom. The van der Waals surface area contributed by atoms with E-state index < -0.39 is 23.3 Å². The molecule has 8 heteroatoms. The number of nitrogens with two attached hydrogens (primary N) is 1. The summed E-state index contributed by atoms with van der Waals surface area (Å²) in [4.78, 5) is 41.7. The first kappa shape index (κ1) is 21.9. The van der Waals surface area contributed by atoms with Crippen molar-refractivity contribution in [2.75, 3.05) is 24.7 Å². The van der Waals surface area contributed by atoms with Gasteiger partial charge in [0.1, 0.15) is 28.9 Å². The summed E-state index contributed by atoms with van der Waals surface area (Å²) in [6, 6.07) is 6.86. The van der Waals surface area contributed by atoms with Crippen LogP contribution in [0.3, 0.4) is 0 Å². The zero-order valence-corrected chi connectivity index (χ0v) is 17.5. The number of allylic oxidation sites excluding steroid dienone is 1. The summed E-state index contributed by atoms with van der Waals surface area (Å²) in [7, 11) is 0. The number of carbonyl (C=O) groups is 3. The van der Waals surface area contributed by atoms with Crippen molar-refractivity contribution in [1.29, 1.82) is 0 Å². The van der Waals surface area contributed by atoms with Gasteiger partial charge in [0.15, 0.2) is 0 Å². The molecule has 1 amide bonds. The van der Waals surface area contributed by atoms with Crippen molar-refractivity contribution in [1.82, 2.24) is 0 Å². The minimum Gasteiger partial charge on any atom is -0.462 e. The molecule has 31 heavy (non-hydrogen) atoms. The third-order valence-corrected chi connectivity index (χ3v) is 5.10. The fraction of sp³-hybridized carbons (Fsp3) is 0.261. The van der Waals surface area contributed by atoms with Crippen LogP contribution < -0.4 is 10.6 Å². The summed E-state index contributed by atoms with van der Waals surface area (Å²) in [5, 5.41) is 0. The third kappa shape index (κ3) is 3.20. The van der Waals surface area contributed by atoms with Crippen molar-refractivity contribution < 1.29 is 28.6 Å². The van der Waals surface area contributed by atoms with E-state index >= 15 is 0 Å². The number of fused-ring (bicyclic) bond motifs is 2. The molecular formula is C23H24N2O6. The number of anilines is 1. The Morgan fingerprint density at radius 1 is 1.16 bits per heavy atom. The van der Waals surface area contributed by atoms with Crippen LogP contribution in [0.5, 0.6) is 0 Å². The van der Waals surface area contributed by atoms with Crippen LogP contribution in [0.2, 0.25) is 0 Å². The second-order valence-corrected chi connectivity index (χ2v) is 6.85. The summed E-state index contributed by atoms with van der Waals surface area (Å²) in [5.74, 6) is -2.48. The Morgan fingerprint density at radius 2 is 1.84 bits per heavy atom. The number of hydrogen-bond donors (Lipinski definition) is 1. The highest BCUT2D eigenvalue weighted by Crippen LogP contribution is 2.54. The smallest absolute Gasteiger partial charge is 0.341 e. The van der Waals surface area contributed by atoms with E-state index in [4.69, 9.17) is 19.9 Å². The maximum Gasteiger partial charge on any atom is 0.341 e. The molecule has 0 bridgehead atoms. The Bertz CT molecular complexity index is 1040. The Balaban J connectivity index is 2.39. The van der Waals surface area contributed by atoms with Gasteiger partial charge in [-0.3, -0.25) is 4.79 Å². The molecule has 0 saturated carbocycles. The van der Waals surface area contributed by atoms with Gasteiger partial charge in [-0.25, -0.2) is 9.59 Å². The molecule has 0 radical (unpaired) electrons. The molecule has 8 nitrogen and oxygen atoms in total. The summed E-state index contributed by atoms with van der Waals surface area (Å²) >= 11 is 0. The molecule has 1 atom stereocenters. The number of rotatable bonds is 7. The lowest BCUT2D eigenvalue weighted by Gasteiger charge is -2.36. The highest BCUT2D eigenvalue weighted by molar-refractivity contribution is 6.22. The second-order valence-electron chi connectivity index (χ2n) is 6.85. The Kier molecular flexibility index (Phi) is 6.01. The number of carbonyl (C=O) groups excluding carboxylic acids is 3. The summed E-state index contributed by atoms with van der Waals surface area (Å²) < 4.78 is 16.0. The quantitative estimate of drug-likeness (QED) is 0.528. The van der Waals surface area contributed by atoms with Gasteiger partial charge in [0.05, 0.1) is 6.61 Å². The molecule has 0 aromatic heterocycles. The summed E-state index contributed by atoms with van der Waals surface area (Å²) in [6.45, 7) is 10.5. The number of nitrogens with zero attached hydrogens (tertiary/aromatic N) is 1. The lowest BCUT2D eigenvalue weighted by Crippen LogP contribution is -2.51. The number of esters is 2. The van der Waals surface area contributed by atoms with Crippen LogP contribution in [0.25, 0.3) is 0 Å². The first-order chi connectivity index (χ1) is 14.9. The molecule has 1 aromatic rings. The van der Waals surface area contributed by atoms with Gasteiger partial charge in [0.2, 0.25) is 11.8 Å². The van der Waals surface area contributed by atoms with Gasteiger partial charge in [0, 0.05) is 17.8 Å². The first-order valence-electron chi connectivity index (χ1n) is 9.73. The minimum atomic E-state index is -1.88. The predicted molar refractivity (Wildman–Crippen MR) is 113 cm³/mol. The highest BCUT2D eigenvalue weighted by atomic mass is 16.5. The predicted octanol–water partition coefficient (Wildman–Crippen LogP) is 2.22. The van der Waals surface area contributed by atoms with E-state index in [-0.39, 0.29) is 42.5 Å². The lowest BCUT2D eigenvalue weighted by molar-refractivity contribution is -0.143. The monoisotopic (exact) mass is 424 g/mol. The molecule has 162 valence electrons. The van der Waals surface area contributed by atoms with E-state index in [0.29, 0.717) is 11.3 Å². The number of hydrogen-bond acceptors (Lipinski definition) is 7. The molecule has 0 fully saturated rings. The van der Waals surface area contributed by atoms with E-state index in [0.717, 1.165) is 0 Å². The van der Waals surface area contributed by atoms with Crippen molar-refractivity contribution in [2.45, 2.75) is 19.3 Å². The standard InChI is InChI=1S/C23H24N2O6/c1-5-12-25-16-11-9-8-10-15(16)23(22(25)28)17(20(26)30-13-6-2)14(4)31-19(24)18(23)21(27)29-7-3/h5-6,8-11H,1-2,7,12-13,24H2,3-4H3/t23-/m0/s1. The van der Waals surface area contributed by atoms with Crippen LogP contribution in [0.15, 0.2) is 72.4 Å². The van der Waals surface area contributed by atoms with Gasteiger partial charge < -0.3 is 24.8 Å². The second kappa shape index (κ2) is 8.51. The van der Waals surface area contributed by atoms with Gasteiger partial charge in [-0.05, 0) is 19.9 Å². The van der Waals surface area contributed by atoms with Gasteiger partial charge in [-0.15, -0.1) is 6.58 Å². The molecular weight excluding hydrogens is 400 g/mol. The van der Waals surface area contributed by atoms with Crippen LogP contribution >= 0.6 is 0 Å². The van der Waals surface area contributed by atoms with Crippen molar-refractivity contribution in [3.05, 3.63) is 77.9 Å². The average molecular weight is 424 g/mol. The fourth-order valence-corrected chi connectivity index (χ4v) is 4.05. The van der Waals surface area contributed by atoms with E-state index in [1.807, 2.05) is 0 Å². The van der Waals surface area contributed by atoms with Crippen LogP contribution in [0.4, 0.5) is 5.69 Å². The van der Waals surface area contributed by atoms with E-state index in [9.17, 15) is 14.4 Å². The number of para-hydroxylation sites is 1. The first-order valence-corrected chi connectivity index (χ1v) is 9.73. The lowest BCUT2D eigenvalue weighted by atomic mass is 9.67. The molecule has 0 aliphatic carbocycles. The van der Waals surface area contributed by atoms with E-state index in [2.05, 4.69) is 13.2 Å². The van der Waals surface area contributed by atoms with Crippen LogP contribution in [0, 0.1) is 0 Å². The molecule has 0 unspecified atom stereocenters. The SMILES string of the molecule is C=CCOC(=O)C1=C(C)OC(N)=C(C(=O)OCC)[C@@]12C(=O)N(CC=C)c1ccccc12. The van der Waals surface area contributed by atoms with Crippen molar-refractivity contribution in [2.24, 2.45) is 5.73 Å². The van der Waals surface area contributed by atoms with Gasteiger partial charge in [0.25, 0.3) is 0 Å². The average Bonchev–Trinajstić information content (AvgIpc) is 2.96. The zero-order chi connectivity index (χ0) is 22.8. The van der Waals surface area contributed by atoms with Crippen molar-refractivity contribution >= 4 is 23.5 Å². The van der Waals surface area contributed by atoms with E-state index in [1.165, 1.54) is 17.9 Å². The van der Waals surface area contributed by atoms with Gasteiger partial charge >= 0.3 is 11.9 Å². The fourth-order valence-electron chi connectivity index (χ4n) is 4.05. The van der Waals surface area contributed by atoms with Crippen LogP contribution in [0.1, 0.15) is 19.4 Å². The molecule has 1 aromatic carbocycles. The molecule has 2 aliphatic heterocycles. The molecule has 2 N–H and O–H groups in total. The normalized spacial score (nSPS) is 19.8. The topological polar surface area (TPSA) is 108 Å². The summed E-state index contributed by atoms with van der Waals surface area (Å²) in [5.41, 5.74) is 4.78. The van der Waals surface area contributed by atoms with Crippen molar-refractivity contribution in [3.63, 3.8) is 0 Å². The maximum atomic E-state index is 14.0. The third-order valence-electron chi connectivity index (χ3n) is 5.10. The molecule has 3 rings (SSSR count). The molecule has 2 aliphatic rings. The van der Waals surface area contributed by atoms with Gasteiger partial charge in [-0.2, -0.15) is 0 Å². The molecule has 2 heterocycles. The van der Waals surface area contributed by atoms with Crippen molar-refractivity contribution in [3.8, 4) is 0 Å². The van der Waals surface area contributed by atoms with Crippen LogP contribution in [-0.2, 0) is 34.0 Å². The van der Waals surface area contributed by atoms with Crippen LogP contribution in [-0.4, -0.2) is 37.6 Å². The minimum absolute atomic E-state index is 0.0385. The molecule has 1 spiro atoms.